The Balaban J connectivity index is 3.13. The van der Waals surface area contributed by atoms with Crippen LogP contribution >= 0.6 is 0 Å². The minimum atomic E-state index is -4.42. The van der Waals surface area contributed by atoms with E-state index in [1.165, 1.54) is 0 Å². The molecule has 1 rings (SSSR count). The molecule has 0 radical (unpaired) electrons. The van der Waals surface area contributed by atoms with Gasteiger partial charge in [0.1, 0.15) is 11.6 Å². The number of nitrogens with zero attached hydrogens (tertiary/aromatic N) is 3. The smallest absolute Gasteiger partial charge is 0.370 e. The van der Waals surface area contributed by atoms with E-state index < -0.39 is 11.7 Å². The summed E-state index contributed by atoms with van der Waals surface area (Å²) in [5.74, 6) is 0.443. The van der Waals surface area contributed by atoms with E-state index >= 15 is 0 Å². The predicted octanol–water partition coefficient (Wildman–Crippen LogP) is 3.66. The highest BCUT2D eigenvalue weighted by Crippen LogP contribution is 2.33. The fraction of sp³-hybridized carbons (Fsp3) is 0.571. The van der Waals surface area contributed by atoms with E-state index in [4.69, 9.17) is 5.26 Å². The van der Waals surface area contributed by atoms with Crippen LogP contribution in [-0.2, 0) is 6.18 Å². The molecule has 0 amide bonds. The highest BCUT2D eigenvalue weighted by atomic mass is 19.4. The molecule has 0 fully saturated rings. The van der Waals surface area contributed by atoms with Crippen molar-refractivity contribution in [2.24, 2.45) is 0 Å². The summed E-state index contributed by atoms with van der Waals surface area (Å²) in [5, 5.41) is 11.5. The van der Waals surface area contributed by atoms with Gasteiger partial charge in [-0.25, -0.2) is 4.98 Å². The van der Waals surface area contributed by atoms with Crippen molar-refractivity contribution in [1.82, 2.24) is 4.98 Å². The summed E-state index contributed by atoms with van der Waals surface area (Å²) in [7, 11) is 0. The Morgan fingerprint density at radius 2 is 2.05 bits per heavy atom. The van der Waals surface area contributed by atoms with Gasteiger partial charge >= 0.3 is 6.18 Å². The molecule has 0 aliphatic heterocycles. The number of nitriles is 1. The summed E-state index contributed by atoms with van der Waals surface area (Å²) in [6.45, 7) is 5.14. The third kappa shape index (κ3) is 5.14. The maximum Gasteiger partial charge on any atom is 0.416 e. The molecule has 0 atom stereocenters. The minimum absolute atomic E-state index is 0.206. The Morgan fingerprint density at radius 1 is 1.33 bits per heavy atom. The number of hydrogen-bond donors (Lipinski definition) is 1. The van der Waals surface area contributed by atoms with E-state index in [9.17, 15) is 13.2 Å². The lowest BCUT2D eigenvalue weighted by Gasteiger charge is -2.22. The normalized spacial score (nSPS) is 11.0. The maximum atomic E-state index is 13.0. The summed E-state index contributed by atoms with van der Waals surface area (Å²) in [6.07, 6.45) is -3.39. The van der Waals surface area contributed by atoms with Gasteiger partial charge in [0.25, 0.3) is 0 Å². The molecular formula is C14H19F3N4. The Morgan fingerprint density at radius 3 is 2.57 bits per heavy atom. The molecule has 0 spiro atoms. The van der Waals surface area contributed by atoms with Crippen molar-refractivity contribution in [2.75, 3.05) is 29.9 Å². The second-order valence-electron chi connectivity index (χ2n) is 4.51. The number of alkyl halides is 3. The average molecular weight is 300 g/mol. The van der Waals surface area contributed by atoms with Gasteiger partial charge in [-0.05, 0) is 25.5 Å². The van der Waals surface area contributed by atoms with E-state index in [0.717, 1.165) is 18.6 Å². The topological polar surface area (TPSA) is 52.0 Å². The first kappa shape index (κ1) is 17.1. The Labute approximate surface area is 122 Å². The zero-order valence-electron chi connectivity index (χ0n) is 12.2. The number of hydrogen-bond acceptors (Lipinski definition) is 4. The van der Waals surface area contributed by atoms with Crippen LogP contribution < -0.4 is 10.2 Å². The molecule has 116 valence electrons. The van der Waals surface area contributed by atoms with Crippen LogP contribution in [0.1, 0.15) is 32.3 Å². The minimum Gasteiger partial charge on any atom is -0.370 e. The highest BCUT2D eigenvalue weighted by molar-refractivity contribution is 5.51. The van der Waals surface area contributed by atoms with Crippen LogP contribution in [0.5, 0.6) is 0 Å². The van der Waals surface area contributed by atoms with E-state index in [2.05, 4.69) is 10.3 Å². The fourth-order valence-electron chi connectivity index (χ4n) is 1.80. The van der Waals surface area contributed by atoms with Gasteiger partial charge < -0.3 is 10.2 Å². The summed E-state index contributed by atoms with van der Waals surface area (Å²) >= 11 is 0. The number of anilines is 2. The van der Waals surface area contributed by atoms with Crippen LogP contribution in [0.15, 0.2) is 12.1 Å². The van der Waals surface area contributed by atoms with Gasteiger partial charge in [0.2, 0.25) is 0 Å². The number of nitrogens with one attached hydrogen (secondary N) is 1. The molecule has 0 bridgehead atoms. The molecule has 21 heavy (non-hydrogen) atoms. The molecule has 0 saturated carbocycles. The zero-order chi connectivity index (χ0) is 15.9. The van der Waals surface area contributed by atoms with Crippen molar-refractivity contribution in [3.63, 3.8) is 0 Å². The zero-order valence-corrected chi connectivity index (χ0v) is 12.2. The van der Waals surface area contributed by atoms with Crippen LogP contribution in [0, 0.1) is 11.3 Å². The molecule has 0 aliphatic rings. The first-order chi connectivity index (χ1) is 9.92. The van der Waals surface area contributed by atoms with E-state index in [1.54, 1.807) is 4.90 Å². The van der Waals surface area contributed by atoms with Crippen molar-refractivity contribution in [2.45, 2.75) is 32.9 Å². The third-order valence-corrected chi connectivity index (χ3v) is 2.89. The summed E-state index contributed by atoms with van der Waals surface area (Å²) in [6, 6.07) is 4.03. The molecular weight excluding hydrogens is 281 g/mol. The molecule has 1 heterocycles. The SMILES string of the molecule is CCCNc1cc(C(F)(F)F)cc(N(CC)CCC#N)n1. The van der Waals surface area contributed by atoms with Gasteiger partial charge in [-0.1, -0.05) is 6.92 Å². The van der Waals surface area contributed by atoms with Crippen LogP contribution in [0.4, 0.5) is 24.8 Å². The Kier molecular flexibility index (Phi) is 6.28. The monoisotopic (exact) mass is 300 g/mol. The standard InChI is InChI=1S/C14H19F3N4/c1-3-7-19-12-9-11(14(15,16)17)10-13(20-12)21(4-2)8-5-6-18/h9-10H,3-5,7-8H2,1-2H3,(H,19,20). The largest absolute Gasteiger partial charge is 0.416 e. The molecule has 0 unspecified atom stereocenters. The van der Waals surface area contributed by atoms with Gasteiger partial charge in [0.15, 0.2) is 0 Å². The van der Waals surface area contributed by atoms with Gasteiger partial charge in [0, 0.05) is 19.6 Å². The van der Waals surface area contributed by atoms with Crippen LogP contribution in [0.2, 0.25) is 0 Å². The first-order valence-electron chi connectivity index (χ1n) is 6.87. The number of aromatic nitrogens is 1. The molecule has 1 aromatic heterocycles. The number of pyridine rings is 1. The quantitative estimate of drug-likeness (QED) is 0.835. The molecule has 0 aromatic carbocycles. The van der Waals surface area contributed by atoms with Crippen LogP contribution in [0.3, 0.4) is 0 Å². The highest BCUT2D eigenvalue weighted by Gasteiger charge is 2.32. The second-order valence-corrected chi connectivity index (χ2v) is 4.51. The lowest BCUT2D eigenvalue weighted by Crippen LogP contribution is -2.25. The second kappa shape index (κ2) is 7.72. The number of rotatable bonds is 7. The number of halogens is 3. The summed E-state index contributed by atoms with van der Waals surface area (Å²) in [4.78, 5) is 5.88. The predicted molar refractivity (Wildman–Crippen MR) is 76.1 cm³/mol. The van der Waals surface area contributed by atoms with Crippen molar-refractivity contribution >= 4 is 11.6 Å². The van der Waals surface area contributed by atoms with E-state index in [0.29, 0.717) is 19.6 Å². The van der Waals surface area contributed by atoms with Gasteiger partial charge in [-0.2, -0.15) is 18.4 Å². The summed E-state index contributed by atoms with van der Waals surface area (Å²) in [5.41, 5.74) is -0.735. The van der Waals surface area contributed by atoms with Gasteiger partial charge in [-0.3, -0.25) is 0 Å². The van der Waals surface area contributed by atoms with Crippen LogP contribution in [0.25, 0.3) is 0 Å². The molecule has 7 heteroatoms. The van der Waals surface area contributed by atoms with Crippen molar-refractivity contribution in [1.29, 1.82) is 5.26 Å². The maximum absolute atomic E-state index is 13.0. The Bertz CT molecular complexity index is 494. The lowest BCUT2D eigenvalue weighted by atomic mass is 10.2. The van der Waals surface area contributed by atoms with Crippen LogP contribution in [-0.4, -0.2) is 24.6 Å². The van der Waals surface area contributed by atoms with Crippen molar-refractivity contribution in [3.05, 3.63) is 17.7 Å². The molecule has 0 saturated heterocycles. The third-order valence-electron chi connectivity index (χ3n) is 2.89. The molecule has 1 N–H and O–H groups in total. The summed E-state index contributed by atoms with van der Waals surface area (Å²) < 4.78 is 38.9. The van der Waals surface area contributed by atoms with Crippen molar-refractivity contribution in [3.8, 4) is 6.07 Å². The Hall–Kier alpha value is -1.97. The van der Waals surface area contributed by atoms with E-state index in [1.807, 2.05) is 19.9 Å². The van der Waals surface area contributed by atoms with Crippen molar-refractivity contribution < 1.29 is 13.2 Å². The average Bonchev–Trinajstić information content (AvgIpc) is 2.45. The molecule has 4 nitrogen and oxygen atoms in total. The van der Waals surface area contributed by atoms with E-state index in [-0.39, 0.29) is 18.1 Å². The molecule has 1 aromatic rings. The first-order valence-corrected chi connectivity index (χ1v) is 6.87. The lowest BCUT2D eigenvalue weighted by molar-refractivity contribution is -0.137. The van der Waals surface area contributed by atoms with Gasteiger partial charge in [-0.15, -0.1) is 0 Å². The molecule has 0 aliphatic carbocycles. The fourth-order valence-corrected chi connectivity index (χ4v) is 1.80. The van der Waals surface area contributed by atoms with Gasteiger partial charge in [0.05, 0.1) is 18.1 Å².